The molecule has 1 aliphatic heterocycles. The lowest BCUT2D eigenvalue weighted by atomic mass is 10.2. The predicted molar refractivity (Wildman–Crippen MR) is 70.5 cm³/mol. The van der Waals surface area contributed by atoms with Gasteiger partial charge in [0.15, 0.2) is 0 Å². The first-order valence-corrected chi connectivity index (χ1v) is 7.50. The SMILES string of the molecule is O=C1CC(S(=O)(=O)F)CN1c1ccc(-c2nnco2)cc1. The summed E-state index contributed by atoms with van der Waals surface area (Å²) in [5.74, 6) is -0.0923. The molecule has 1 amide bonds. The molecule has 9 heteroatoms. The van der Waals surface area contributed by atoms with Crippen molar-refractivity contribution in [1.82, 2.24) is 10.2 Å². The van der Waals surface area contributed by atoms with Crippen LogP contribution in [-0.4, -0.2) is 36.3 Å². The van der Waals surface area contributed by atoms with Crippen LogP contribution in [0.3, 0.4) is 0 Å². The summed E-state index contributed by atoms with van der Waals surface area (Å²) in [6, 6.07) is 6.55. The number of amides is 1. The van der Waals surface area contributed by atoms with Crippen molar-refractivity contribution in [3.63, 3.8) is 0 Å². The largest absolute Gasteiger partial charge is 0.423 e. The predicted octanol–water partition coefficient (Wildman–Crippen LogP) is 1.14. The highest BCUT2D eigenvalue weighted by atomic mass is 32.3. The molecule has 2 heterocycles. The fraction of sp³-hybridized carbons (Fsp3) is 0.250. The van der Waals surface area contributed by atoms with Gasteiger partial charge in [-0.1, -0.05) is 0 Å². The molecule has 0 saturated carbocycles. The van der Waals surface area contributed by atoms with E-state index in [0.29, 0.717) is 17.1 Å². The number of nitrogens with zero attached hydrogens (tertiary/aromatic N) is 3. The van der Waals surface area contributed by atoms with Gasteiger partial charge in [-0.3, -0.25) is 4.79 Å². The molecular formula is C12H10FN3O4S. The normalized spacial score (nSPS) is 19.2. The molecule has 0 N–H and O–H groups in total. The molecule has 110 valence electrons. The van der Waals surface area contributed by atoms with Crippen LogP contribution >= 0.6 is 0 Å². The molecule has 0 bridgehead atoms. The molecule has 3 rings (SSSR count). The van der Waals surface area contributed by atoms with Crippen molar-refractivity contribution in [3.8, 4) is 11.5 Å². The minimum absolute atomic E-state index is 0.183. The molecule has 1 atom stereocenters. The molecule has 21 heavy (non-hydrogen) atoms. The first kappa shape index (κ1) is 13.7. The zero-order chi connectivity index (χ0) is 15.0. The topological polar surface area (TPSA) is 93.4 Å². The Morgan fingerprint density at radius 2 is 2.00 bits per heavy atom. The van der Waals surface area contributed by atoms with Crippen molar-refractivity contribution >= 4 is 21.8 Å². The maximum absolute atomic E-state index is 13.0. The molecule has 1 aromatic carbocycles. The molecule has 1 fully saturated rings. The summed E-state index contributed by atoms with van der Waals surface area (Å²) in [7, 11) is -4.72. The van der Waals surface area contributed by atoms with Gasteiger partial charge in [0, 0.05) is 24.2 Å². The van der Waals surface area contributed by atoms with Gasteiger partial charge in [0.1, 0.15) is 5.25 Å². The zero-order valence-corrected chi connectivity index (χ0v) is 11.5. The zero-order valence-electron chi connectivity index (χ0n) is 10.6. The fourth-order valence-corrected chi connectivity index (χ4v) is 2.86. The van der Waals surface area contributed by atoms with Crippen LogP contribution in [0.4, 0.5) is 9.57 Å². The highest BCUT2D eigenvalue weighted by molar-refractivity contribution is 7.87. The number of rotatable bonds is 3. The van der Waals surface area contributed by atoms with Crippen LogP contribution in [0, 0.1) is 0 Å². The van der Waals surface area contributed by atoms with E-state index in [2.05, 4.69) is 10.2 Å². The van der Waals surface area contributed by atoms with Crippen molar-refractivity contribution in [2.75, 3.05) is 11.4 Å². The van der Waals surface area contributed by atoms with Crippen LogP contribution in [0.15, 0.2) is 35.1 Å². The maximum Gasteiger partial charge on any atom is 0.307 e. The number of carbonyl (C=O) groups excluding carboxylic acids is 1. The molecule has 2 aromatic rings. The third-order valence-corrected chi connectivity index (χ3v) is 4.39. The average molecular weight is 311 g/mol. The number of hydrogen-bond donors (Lipinski definition) is 0. The molecule has 0 spiro atoms. The van der Waals surface area contributed by atoms with Crippen molar-refractivity contribution in [3.05, 3.63) is 30.7 Å². The highest BCUT2D eigenvalue weighted by Crippen LogP contribution is 2.27. The standard InChI is InChI=1S/C12H10FN3O4S/c13-21(18,19)10-5-11(17)16(6-10)9-3-1-8(2-4-9)12-15-14-7-20-12/h1-4,7,10H,5-6H2. The van der Waals surface area contributed by atoms with Gasteiger partial charge in [0.2, 0.25) is 18.2 Å². The van der Waals surface area contributed by atoms with E-state index in [9.17, 15) is 17.1 Å². The van der Waals surface area contributed by atoms with Gasteiger partial charge >= 0.3 is 10.2 Å². The second-order valence-corrected chi connectivity index (χ2v) is 6.21. The quantitative estimate of drug-likeness (QED) is 0.789. The number of halogens is 1. The summed E-state index contributed by atoms with van der Waals surface area (Å²) >= 11 is 0. The van der Waals surface area contributed by atoms with E-state index in [0.717, 1.165) is 0 Å². The Kier molecular flexibility index (Phi) is 3.20. The highest BCUT2D eigenvalue weighted by Gasteiger charge is 2.39. The number of benzene rings is 1. The minimum atomic E-state index is -4.72. The molecular weight excluding hydrogens is 301 g/mol. The Morgan fingerprint density at radius 1 is 1.29 bits per heavy atom. The van der Waals surface area contributed by atoms with Crippen molar-refractivity contribution in [2.45, 2.75) is 11.7 Å². The monoisotopic (exact) mass is 311 g/mol. The van der Waals surface area contributed by atoms with E-state index in [4.69, 9.17) is 4.42 Å². The Morgan fingerprint density at radius 3 is 2.52 bits per heavy atom. The average Bonchev–Trinajstić information content (AvgIpc) is 3.07. The van der Waals surface area contributed by atoms with E-state index in [-0.39, 0.29) is 13.0 Å². The summed E-state index contributed by atoms with van der Waals surface area (Å²) in [5, 5.41) is 6.00. The van der Waals surface area contributed by atoms with Crippen LogP contribution in [0.25, 0.3) is 11.5 Å². The lowest BCUT2D eigenvalue weighted by Gasteiger charge is -2.16. The maximum atomic E-state index is 13.0. The van der Waals surface area contributed by atoms with E-state index < -0.39 is 21.4 Å². The van der Waals surface area contributed by atoms with Gasteiger partial charge in [-0.25, -0.2) is 0 Å². The minimum Gasteiger partial charge on any atom is -0.423 e. The molecule has 1 unspecified atom stereocenters. The van der Waals surface area contributed by atoms with Gasteiger partial charge < -0.3 is 9.32 Å². The van der Waals surface area contributed by atoms with E-state index in [1.165, 1.54) is 11.3 Å². The fourth-order valence-electron chi connectivity index (χ4n) is 2.20. The van der Waals surface area contributed by atoms with Crippen LogP contribution in [0.5, 0.6) is 0 Å². The van der Waals surface area contributed by atoms with Gasteiger partial charge in [0.05, 0.1) is 0 Å². The van der Waals surface area contributed by atoms with Crippen LogP contribution < -0.4 is 4.90 Å². The van der Waals surface area contributed by atoms with Crippen LogP contribution in [0.2, 0.25) is 0 Å². The van der Waals surface area contributed by atoms with Gasteiger partial charge in [0.25, 0.3) is 0 Å². The summed E-state index contributed by atoms with van der Waals surface area (Å²) < 4.78 is 39.8. The summed E-state index contributed by atoms with van der Waals surface area (Å²) in [6.45, 7) is -0.183. The Hall–Kier alpha value is -2.29. The Bertz CT molecular complexity index is 758. The van der Waals surface area contributed by atoms with E-state index >= 15 is 0 Å². The number of carbonyl (C=O) groups is 1. The third kappa shape index (κ3) is 2.64. The van der Waals surface area contributed by atoms with E-state index in [1.54, 1.807) is 24.3 Å². The van der Waals surface area contributed by atoms with Gasteiger partial charge in [-0.05, 0) is 24.3 Å². The van der Waals surface area contributed by atoms with Crippen LogP contribution in [0.1, 0.15) is 6.42 Å². The first-order chi connectivity index (χ1) is 9.95. The number of anilines is 1. The lowest BCUT2D eigenvalue weighted by molar-refractivity contribution is -0.117. The summed E-state index contributed by atoms with van der Waals surface area (Å²) in [6.07, 6.45) is 0.855. The second-order valence-electron chi connectivity index (χ2n) is 4.60. The van der Waals surface area contributed by atoms with Gasteiger partial charge in [-0.15, -0.1) is 14.1 Å². The van der Waals surface area contributed by atoms with Crippen molar-refractivity contribution < 1.29 is 21.5 Å². The molecule has 7 nitrogen and oxygen atoms in total. The van der Waals surface area contributed by atoms with E-state index in [1.807, 2.05) is 0 Å². The molecule has 0 aliphatic carbocycles. The van der Waals surface area contributed by atoms with Crippen molar-refractivity contribution in [1.29, 1.82) is 0 Å². The lowest BCUT2D eigenvalue weighted by Crippen LogP contribution is -2.26. The molecule has 1 saturated heterocycles. The first-order valence-electron chi connectivity index (χ1n) is 6.05. The van der Waals surface area contributed by atoms with Crippen molar-refractivity contribution in [2.24, 2.45) is 0 Å². The molecule has 1 aromatic heterocycles. The Labute approximate surface area is 119 Å². The third-order valence-electron chi connectivity index (χ3n) is 3.27. The number of hydrogen-bond acceptors (Lipinski definition) is 6. The molecule has 0 radical (unpaired) electrons. The Balaban J connectivity index is 1.83. The van der Waals surface area contributed by atoms with Gasteiger partial charge in [-0.2, -0.15) is 8.42 Å². The smallest absolute Gasteiger partial charge is 0.307 e. The summed E-state index contributed by atoms with van der Waals surface area (Å²) in [5.41, 5.74) is 1.16. The molecule has 1 aliphatic rings. The summed E-state index contributed by atoms with van der Waals surface area (Å²) in [4.78, 5) is 13.0. The second kappa shape index (κ2) is 4.92. The van der Waals surface area contributed by atoms with Crippen LogP contribution in [-0.2, 0) is 15.0 Å². The number of aromatic nitrogens is 2.